The molecule has 0 spiro atoms. The summed E-state index contributed by atoms with van der Waals surface area (Å²) >= 11 is 0. The van der Waals surface area contributed by atoms with Gasteiger partial charge in [-0.2, -0.15) is 0 Å². The molecule has 2 aliphatic rings. The molecule has 21 heteroatoms. The van der Waals surface area contributed by atoms with Crippen molar-refractivity contribution < 1.29 is 94.4 Å². The molecule has 2 saturated heterocycles. The van der Waals surface area contributed by atoms with Crippen LogP contribution in [0, 0.1) is 0 Å². The third-order valence-electron chi connectivity index (χ3n) is 18.4. The van der Waals surface area contributed by atoms with E-state index in [9.17, 15) is 14.7 Å². The highest BCUT2D eigenvalue weighted by molar-refractivity contribution is 7.48. The van der Waals surface area contributed by atoms with Crippen LogP contribution in [0.3, 0.4) is 0 Å². The maximum Gasteiger partial charge on any atom is 0.475 e. The predicted octanol–water partition coefficient (Wildman–Crippen LogP) is 14.5. The number of Topliss-reactive ketones (excluding diaryl/α,β-unsaturated/α-hetero) is 1. The summed E-state index contributed by atoms with van der Waals surface area (Å²) in [4.78, 5) is 25.8. The first kappa shape index (κ1) is 81.7. The standard InChI is InChI=1S/C88H99O20P/c1-66(90)47-48-84(91)107-87-77(59-93-50-67-29-11-2-12-30-67)99-63-81(87)101-62-80(97-54-71-37-19-6-20-38-71)86(104-57-74-43-25-9-26-44-74)83(98-55-72-39-21-7-22-40-72)65-106-109(92,105-58-75-45-27-10-28-46-75)108-88-78(60-94-51-68-31-13-3-14-32-68)100-64-82(88)102-61-79(96-53-70-35-17-5-18-36-70)85(103-56-73-41-23-8-24-42-73)76(49-89)95-52-69-33-15-4-16-34-69/h2-46,76-83,85-89H,47-65H2,1H3/t76?,77-,78-,79?,80?,81-,82-,83?,85?,86?,87+,88+,109?/m1/s1. The lowest BCUT2D eigenvalue weighted by molar-refractivity contribution is -0.186. The van der Waals surface area contributed by atoms with Crippen LogP contribution in [0.4, 0.5) is 0 Å². The number of aliphatic hydroxyl groups excluding tert-OH is 1. The molecule has 20 nitrogen and oxygen atoms in total. The number of aliphatic hydroxyl groups is 1. The van der Waals surface area contributed by atoms with Gasteiger partial charge in [-0.3, -0.25) is 18.4 Å². The number of benzene rings is 9. The lowest BCUT2D eigenvalue weighted by atomic mass is 10.1. The number of ether oxygens (including phenoxy) is 13. The highest BCUT2D eigenvalue weighted by atomic mass is 31.2. The minimum Gasteiger partial charge on any atom is -0.457 e. The van der Waals surface area contributed by atoms with Crippen molar-refractivity contribution in [2.75, 3.05) is 52.9 Å². The van der Waals surface area contributed by atoms with Crippen molar-refractivity contribution in [3.8, 4) is 0 Å². The van der Waals surface area contributed by atoms with Gasteiger partial charge in [0.2, 0.25) is 0 Å². The summed E-state index contributed by atoms with van der Waals surface area (Å²) in [5, 5.41) is 11.3. The monoisotopic (exact) mass is 1510 g/mol. The second kappa shape index (κ2) is 45.1. The maximum absolute atomic E-state index is 16.6. The van der Waals surface area contributed by atoms with Crippen molar-refractivity contribution in [1.29, 1.82) is 0 Å². The lowest BCUT2D eigenvalue weighted by Crippen LogP contribution is -2.48. The fraction of sp³-hybridized carbons (Fsp3) is 0.364. The largest absolute Gasteiger partial charge is 0.475 e. The van der Waals surface area contributed by atoms with Gasteiger partial charge in [0.25, 0.3) is 0 Å². The fourth-order valence-electron chi connectivity index (χ4n) is 12.5. The van der Waals surface area contributed by atoms with E-state index in [0.29, 0.717) is 5.56 Å². The molecule has 0 amide bonds. The van der Waals surface area contributed by atoms with Crippen LogP contribution < -0.4 is 0 Å². The number of phosphoric ester groups is 1. The van der Waals surface area contributed by atoms with Gasteiger partial charge in [-0.05, 0) is 57.0 Å². The summed E-state index contributed by atoms with van der Waals surface area (Å²) in [5.74, 6) is -0.757. The Hall–Kier alpha value is -8.29. The molecule has 0 aromatic heterocycles. The van der Waals surface area contributed by atoms with Crippen molar-refractivity contribution in [1.82, 2.24) is 0 Å². The first-order valence-electron chi connectivity index (χ1n) is 37.1. The number of carbonyl (C=O) groups is 2. The molecule has 0 aliphatic carbocycles. The number of carbonyl (C=O) groups excluding carboxylic acids is 2. The molecule has 13 atom stereocenters. The van der Waals surface area contributed by atoms with E-state index in [1.165, 1.54) is 6.92 Å². The fourth-order valence-corrected chi connectivity index (χ4v) is 13.9. The SMILES string of the molecule is CC(=O)CCC(=O)O[C@H]1[C@@H](COCc2ccccc2)OC[C@H]1OCC(OCc1ccccc1)C(OCc1ccccc1)C(COP(=O)(OCc1ccccc1)O[C@H]1[C@@H](COCc2ccccc2)OC[C@H]1OCC(OCc1ccccc1)C(OCc1ccccc1)C(CO)OCc1ccccc1)OCc1ccccc1. The van der Waals surface area contributed by atoms with Crippen molar-refractivity contribution in [3.05, 3.63) is 323 Å². The molecule has 2 aliphatic heterocycles. The summed E-state index contributed by atoms with van der Waals surface area (Å²) in [6, 6.07) is 86.5. The Morgan fingerprint density at radius 3 is 1.04 bits per heavy atom. The molecule has 9 aromatic rings. The molecule has 1 N–H and O–H groups in total. The average Bonchev–Trinajstić information content (AvgIpc) is 1.73. The predicted molar refractivity (Wildman–Crippen MR) is 408 cm³/mol. The Morgan fingerprint density at radius 2 is 0.679 bits per heavy atom. The van der Waals surface area contributed by atoms with Crippen LogP contribution in [0.5, 0.6) is 0 Å². The Bertz CT molecular complexity index is 4020. The van der Waals surface area contributed by atoms with Crippen molar-refractivity contribution in [2.24, 2.45) is 0 Å². The van der Waals surface area contributed by atoms with Gasteiger partial charge in [-0.25, -0.2) is 4.57 Å². The molecular weight excluding hydrogens is 1410 g/mol. The van der Waals surface area contributed by atoms with Crippen molar-refractivity contribution >= 4 is 19.6 Å². The van der Waals surface area contributed by atoms with Crippen LogP contribution in [0.25, 0.3) is 0 Å². The van der Waals surface area contributed by atoms with Gasteiger partial charge in [0, 0.05) is 6.42 Å². The summed E-state index contributed by atoms with van der Waals surface area (Å²) in [6.07, 6.45) is -11.9. The molecule has 109 heavy (non-hydrogen) atoms. The molecular formula is C88H99O20P. The molecule has 0 saturated carbocycles. The zero-order valence-electron chi connectivity index (χ0n) is 61.5. The Labute approximate surface area is 639 Å². The van der Waals surface area contributed by atoms with Gasteiger partial charge in [0.1, 0.15) is 72.9 Å². The summed E-state index contributed by atoms with van der Waals surface area (Å²) in [5.41, 5.74) is 7.63. The van der Waals surface area contributed by atoms with Gasteiger partial charge < -0.3 is 71.5 Å². The van der Waals surface area contributed by atoms with E-state index in [-0.39, 0.29) is 118 Å². The first-order valence-corrected chi connectivity index (χ1v) is 38.6. The number of rotatable bonds is 49. The Kier molecular flexibility index (Phi) is 33.8. The van der Waals surface area contributed by atoms with E-state index in [0.717, 1.165) is 44.5 Å². The van der Waals surface area contributed by atoms with Crippen LogP contribution in [0.2, 0.25) is 0 Å². The highest BCUT2D eigenvalue weighted by Gasteiger charge is 2.48. The van der Waals surface area contributed by atoms with E-state index in [4.69, 9.17) is 75.2 Å². The van der Waals surface area contributed by atoms with Crippen LogP contribution in [-0.2, 0) is 149 Å². The van der Waals surface area contributed by atoms with E-state index in [2.05, 4.69) is 0 Å². The molecule has 0 radical (unpaired) electrons. The van der Waals surface area contributed by atoms with E-state index >= 15 is 4.57 Å². The third-order valence-corrected chi connectivity index (χ3v) is 19.8. The molecule has 9 aromatic carbocycles. The summed E-state index contributed by atoms with van der Waals surface area (Å²) < 4.78 is 124. The number of esters is 1. The quantitative estimate of drug-likeness (QED) is 0.0277. The molecule has 0 bridgehead atoms. The second-order valence-corrected chi connectivity index (χ2v) is 28.4. The summed E-state index contributed by atoms with van der Waals surface area (Å²) in [7, 11) is -4.91. The van der Waals surface area contributed by atoms with Crippen molar-refractivity contribution in [3.63, 3.8) is 0 Å². The molecule has 7 unspecified atom stereocenters. The van der Waals surface area contributed by atoms with Gasteiger partial charge in [-0.1, -0.05) is 273 Å². The average molecular weight is 1510 g/mol. The molecule has 576 valence electrons. The number of hydrogen-bond acceptors (Lipinski definition) is 20. The number of ketones is 1. The highest BCUT2D eigenvalue weighted by Crippen LogP contribution is 2.53. The van der Waals surface area contributed by atoms with E-state index in [1.807, 2.05) is 273 Å². The third kappa shape index (κ3) is 27.6. The van der Waals surface area contributed by atoms with Gasteiger partial charge in [-0.15, -0.1) is 0 Å². The summed E-state index contributed by atoms with van der Waals surface area (Å²) in [6.45, 7) is 0.933. The Balaban J connectivity index is 0.929. The molecule has 2 fully saturated rings. The zero-order valence-corrected chi connectivity index (χ0v) is 62.4. The zero-order chi connectivity index (χ0) is 75.3. The van der Waals surface area contributed by atoms with E-state index in [1.54, 1.807) is 0 Å². The lowest BCUT2D eigenvalue weighted by Gasteiger charge is -2.35. The van der Waals surface area contributed by atoms with Crippen LogP contribution in [-0.4, -0.2) is 143 Å². The minimum absolute atomic E-state index is 0.00545. The van der Waals surface area contributed by atoms with Gasteiger partial charge >= 0.3 is 13.8 Å². The van der Waals surface area contributed by atoms with Gasteiger partial charge in [0.05, 0.1) is 119 Å². The number of phosphoric acid groups is 1. The normalized spacial score (nSPS) is 19.3. The van der Waals surface area contributed by atoms with Crippen LogP contribution in [0.1, 0.15) is 69.8 Å². The maximum atomic E-state index is 16.6. The molecule has 11 rings (SSSR count). The topological polar surface area (TPSA) is 219 Å². The molecule has 2 heterocycles. The van der Waals surface area contributed by atoms with E-state index < -0.39 is 100 Å². The first-order chi connectivity index (χ1) is 53.6. The minimum atomic E-state index is -4.91. The Morgan fingerprint density at radius 1 is 0.376 bits per heavy atom. The second-order valence-electron chi connectivity index (χ2n) is 26.8. The van der Waals surface area contributed by atoms with Crippen LogP contribution >= 0.6 is 7.82 Å². The smallest absolute Gasteiger partial charge is 0.457 e. The van der Waals surface area contributed by atoms with Crippen molar-refractivity contribution in [2.45, 2.75) is 152 Å². The van der Waals surface area contributed by atoms with Crippen LogP contribution in [0.15, 0.2) is 273 Å². The van der Waals surface area contributed by atoms with Gasteiger partial charge in [0.15, 0.2) is 6.10 Å². The number of hydrogen-bond donors (Lipinski definition) is 1.